The van der Waals surface area contributed by atoms with Crippen LogP contribution in [0.3, 0.4) is 0 Å². The van der Waals surface area contributed by atoms with Crippen LogP contribution in [0.4, 0.5) is 5.82 Å². The first-order valence-corrected chi connectivity index (χ1v) is 11.0. The summed E-state index contributed by atoms with van der Waals surface area (Å²) in [6, 6.07) is 16.1. The summed E-state index contributed by atoms with van der Waals surface area (Å²) in [6.45, 7) is 2.09. The minimum atomic E-state index is -0.0536. The summed E-state index contributed by atoms with van der Waals surface area (Å²) in [4.78, 5) is 24.4. The molecule has 0 spiro atoms. The lowest BCUT2D eigenvalue weighted by Crippen LogP contribution is -2.43. The van der Waals surface area contributed by atoms with E-state index < -0.39 is 0 Å². The fraction of sp³-hybridized carbons (Fsp3) is 0.261. The molecule has 152 valence electrons. The molecule has 0 unspecified atom stereocenters. The van der Waals surface area contributed by atoms with Crippen molar-refractivity contribution in [1.29, 1.82) is 0 Å². The lowest BCUT2D eigenvalue weighted by atomic mass is 9.97. The number of nitrogens with zero attached hydrogens (tertiary/aromatic N) is 4. The summed E-state index contributed by atoms with van der Waals surface area (Å²) in [7, 11) is 0. The third-order valence-corrected chi connectivity index (χ3v) is 6.16. The number of aromatic nitrogens is 3. The summed E-state index contributed by atoms with van der Waals surface area (Å²) in [5, 5.41) is 3.11. The number of piperidine rings is 1. The predicted octanol–water partition coefficient (Wildman–Crippen LogP) is 4.18. The zero-order valence-electron chi connectivity index (χ0n) is 16.5. The van der Waals surface area contributed by atoms with E-state index in [9.17, 15) is 4.79 Å². The molecule has 1 fully saturated rings. The van der Waals surface area contributed by atoms with Gasteiger partial charge in [-0.05, 0) is 54.8 Å². The molecule has 0 bridgehead atoms. The number of halogens is 1. The third kappa shape index (κ3) is 3.65. The Morgan fingerprint density at radius 1 is 1.17 bits per heavy atom. The van der Waals surface area contributed by atoms with Crippen LogP contribution in [0.15, 0.2) is 65.4 Å². The van der Waals surface area contributed by atoms with Gasteiger partial charge in [0, 0.05) is 36.5 Å². The van der Waals surface area contributed by atoms with E-state index in [4.69, 9.17) is 4.98 Å². The second-order valence-corrected chi connectivity index (χ2v) is 8.59. The number of carbonyl (C=O) groups excluding carboxylic acids is 1. The van der Waals surface area contributed by atoms with Crippen molar-refractivity contribution in [1.82, 2.24) is 19.7 Å². The molecule has 1 aromatic carbocycles. The van der Waals surface area contributed by atoms with Crippen molar-refractivity contribution in [2.45, 2.75) is 19.4 Å². The number of carbonyl (C=O) groups is 1. The lowest BCUT2D eigenvalue weighted by molar-refractivity contribution is -0.125. The van der Waals surface area contributed by atoms with Gasteiger partial charge in [-0.1, -0.05) is 28.1 Å². The van der Waals surface area contributed by atoms with Crippen LogP contribution < -0.4 is 10.2 Å². The van der Waals surface area contributed by atoms with Gasteiger partial charge in [0.05, 0.1) is 17.0 Å². The summed E-state index contributed by atoms with van der Waals surface area (Å²) in [6.07, 6.45) is 5.66. The van der Waals surface area contributed by atoms with Crippen molar-refractivity contribution < 1.29 is 4.79 Å². The van der Waals surface area contributed by atoms with Gasteiger partial charge in [0.25, 0.3) is 0 Å². The Balaban J connectivity index is 1.36. The van der Waals surface area contributed by atoms with E-state index in [0.717, 1.165) is 51.9 Å². The Morgan fingerprint density at radius 2 is 2.07 bits per heavy atom. The van der Waals surface area contributed by atoms with Crippen molar-refractivity contribution in [2.75, 3.05) is 18.0 Å². The topological polar surface area (TPSA) is 62.5 Å². The summed E-state index contributed by atoms with van der Waals surface area (Å²) in [5.41, 5.74) is 3.84. The lowest BCUT2D eigenvalue weighted by Gasteiger charge is -2.33. The molecule has 1 aliphatic rings. The molecule has 1 aliphatic heterocycles. The fourth-order valence-corrected chi connectivity index (χ4v) is 4.64. The number of pyridine rings is 1. The van der Waals surface area contributed by atoms with E-state index >= 15 is 0 Å². The second-order valence-electron chi connectivity index (χ2n) is 7.68. The zero-order valence-corrected chi connectivity index (χ0v) is 18.0. The molecular formula is C23H22BrN5O. The fourth-order valence-electron chi connectivity index (χ4n) is 4.19. The van der Waals surface area contributed by atoms with Crippen LogP contribution in [0, 0.1) is 5.92 Å². The molecular weight excluding hydrogens is 442 g/mol. The average Bonchev–Trinajstić information content (AvgIpc) is 3.27. The van der Waals surface area contributed by atoms with Crippen molar-refractivity contribution in [3.8, 4) is 0 Å². The Morgan fingerprint density at radius 3 is 2.97 bits per heavy atom. The molecule has 30 heavy (non-hydrogen) atoms. The Bertz CT molecular complexity index is 1220. The largest absolute Gasteiger partial charge is 0.354 e. The number of hydrogen-bond acceptors (Lipinski definition) is 4. The Hall–Kier alpha value is -2.93. The van der Waals surface area contributed by atoms with E-state index in [1.54, 1.807) is 6.20 Å². The molecule has 1 N–H and O–H groups in total. The summed E-state index contributed by atoms with van der Waals surface area (Å²) < 4.78 is 3.15. The van der Waals surface area contributed by atoms with E-state index in [2.05, 4.69) is 41.6 Å². The van der Waals surface area contributed by atoms with Gasteiger partial charge in [-0.3, -0.25) is 4.79 Å². The van der Waals surface area contributed by atoms with Crippen LogP contribution in [-0.2, 0) is 11.3 Å². The first-order valence-electron chi connectivity index (χ1n) is 10.2. The first kappa shape index (κ1) is 19.1. The van der Waals surface area contributed by atoms with E-state index in [1.807, 2.05) is 48.7 Å². The summed E-state index contributed by atoms with van der Waals surface area (Å²) in [5.74, 6) is 0.947. The normalized spacial score (nSPS) is 16.8. The molecule has 6 nitrogen and oxygen atoms in total. The van der Waals surface area contributed by atoms with Crippen LogP contribution in [0.25, 0.3) is 16.7 Å². The first-order chi connectivity index (χ1) is 14.7. The van der Waals surface area contributed by atoms with Gasteiger partial charge in [0.15, 0.2) is 11.5 Å². The van der Waals surface area contributed by atoms with Crippen LogP contribution in [0.2, 0.25) is 0 Å². The standard InChI is InChI=1S/C23H22BrN5O/c24-18-7-1-5-16(13-18)14-26-23(30)17-6-3-11-28(15-17)22-20-9-4-12-29(20)19-8-2-10-25-21(19)27-22/h1-2,4-5,7-10,12-13,17H,3,6,11,14-15H2,(H,26,30)/t17-/m1/s1. The van der Waals surface area contributed by atoms with Gasteiger partial charge < -0.3 is 14.6 Å². The van der Waals surface area contributed by atoms with Gasteiger partial charge in [-0.25, -0.2) is 9.97 Å². The SMILES string of the molecule is O=C(NCc1cccc(Br)c1)[C@@H]1CCCN(c2nc3ncccc3n3cccc23)C1. The number of benzene rings is 1. The molecule has 0 aliphatic carbocycles. The maximum absolute atomic E-state index is 12.9. The maximum atomic E-state index is 12.9. The van der Waals surface area contributed by atoms with E-state index in [0.29, 0.717) is 13.1 Å². The molecule has 3 aromatic heterocycles. The van der Waals surface area contributed by atoms with Crippen molar-refractivity contribution in [2.24, 2.45) is 5.92 Å². The highest BCUT2D eigenvalue weighted by atomic mass is 79.9. The van der Waals surface area contributed by atoms with E-state index in [-0.39, 0.29) is 11.8 Å². The third-order valence-electron chi connectivity index (χ3n) is 5.66. The monoisotopic (exact) mass is 463 g/mol. The molecule has 1 saturated heterocycles. The minimum absolute atomic E-state index is 0.0536. The van der Waals surface area contributed by atoms with Crippen LogP contribution in [0.1, 0.15) is 18.4 Å². The van der Waals surface area contributed by atoms with Gasteiger partial charge >= 0.3 is 0 Å². The molecule has 5 rings (SSSR count). The van der Waals surface area contributed by atoms with Gasteiger partial charge in [-0.2, -0.15) is 0 Å². The number of rotatable bonds is 4. The summed E-state index contributed by atoms with van der Waals surface area (Å²) >= 11 is 3.48. The van der Waals surface area contributed by atoms with Crippen LogP contribution in [0.5, 0.6) is 0 Å². The molecule has 0 radical (unpaired) electrons. The molecule has 1 amide bonds. The number of nitrogens with one attached hydrogen (secondary N) is 1. The minimum Gasteiger partial charge on any atom is -0.354 e. The average molecular weight is 464 g/mol. The highest BCUT2D eigenvalue weighted by Crippen LogP contribution is 2.28. The van der Waals surface area contributed by atoms with E-state index in [1.165, 1.54) is 0 Å². The van der Waals surface area contributed by atoms with Crippen molar-refractivity contribution >= 4 is 44.3 Å². The second kappa shape index (κ2) is 8.07. The van der Waals surface area contributed by atoms with Crippen LogP contribution >= 0.6 is 15.9 Å². The quantitative estimate of drug-likeness (QED) is 0.493. The predicted molar refractivity (Wildman–Crippen MR) is 121 cm³/mol. The maximum Gasteiger partial charge on any atom is 0.225 e. The van der Waals surface area contributed by atoms with Gasteiger partial charge in [0.2, 0.25) is 5.91 Å². The zero-order chi connectivity index (χ0) is 20.5. The molecule has 7 heteroatoms. The highest BCUT2D eigenvalue weighted by molar-refractivity contribution is 9.10. The number of anilines is 1. The molecule has 4 heterocycles. The van der Waals surface area contributed by atoms with Crippen molar-refractivity contribution in [3.05, 3.63) is 71.0 Å². The van der Waals surface area contributed by atoms with Gasteiger partial charge in [0.1, 0.15) is 0 Å². The van der Waals surface area contributed by atoms with Gasteiger partial charge in [-0.15, -0.1) is 0 Å². The molecule has 4 aromatic rings. The molecule has 1 atom stereocenters. The number of amides is 1. The molecule has 0 saturated carbocycles. The number of fused-ring (bicyclic) bond motifs is 3. The highest BCUT2D eigenvalue weighted by Gasteiger charge is 2.28. The smallest absolute Gasteiger partial charge is 0.225 e. The van der Waals surface area contributed by atoms with Crippen molar-refractivity contribution in [3.63, 3.8) is 0 Å². The van der Waals surface area contributed by atoms with Crippen LogP contribution in [-0.4, -0.2) is 33.4 Å². The number of hydrogen-bond donors (Lipinski definition) is 1. The Labute approximate surface area is 183 Å². The Kier molecular flexibility index (Phi) is 5.12.